The van der Waals surface area contributed by atoms with E-state index in [1.165, 1.54) is 23.5 Å². The Kier molecular flexibility index (Phi) is 9.56. The molecule has 1 aromatic rings. The highest BCUT2D eigenvalue weighted by molar-refractivity contribution is 5.90. The fourth-order valence-electron chi connectivity index (χ4n) is 4.02. The van der Waals surface area contributed by atoms with Gasteiger partial charge < -0.3 is 25.4 Å². The van der Waals surface area contributed by atoms with Crippen LogP contribution >= 0.6 is 0 Å². The number of phenolic OH excluding ortho intramolecular Hbond substituents is 1. The number of carbonyl (C=O) groups excluding carboxylic acids is 3. The Balaban J connectivity index is 2.28. The van der Waals surface area contributed by atoms with Gasteiger partial charge in [-0.3, -0.25) is 9.59 Å². The number of amides is 3. The molecule has 2 atom stereocenters. The second-order valence-corrected chi connectivity index (χ2v) is 9.75. The first-order chi connectivity index (χ1) is 15.5. The number of hydrogen-bond acceptors (Lipinski definition) is 5. The fraction of sp³-hybridized carbons (Fsp3) is 0.640. The Morgan fingerprint density at radius 2 is 1.73 bits per heavy atom. The average Bonchev–Trinajstić information content (AvgIpc) is 2.75. The molecule has 8 nitrogen and oxygen atoms in total. The van der Waals surface area contributed by atoms with Crippen LogP contribution in [0.15, 0.2) is 24.3 Å². The van der Waals surface area contributed by atoms with Crippen LogP contribution in [0.3, 0.4) is 0 Å². The predicted octanol–water partition coefficient (Wildman–Crippen LogP) is 4.03. The van der Waals surface area contributed by atoms with Crippen LogP contribution in [0.4, 0.5) is 4.79 Å². The second-order valence-electron chi connectivity index (χ2n) is 9.75. The standard InChI is InChI=1S/C25H39N3O5/c1-6-17(2)28(21(30)16-26-24(32)33-25(3,4)5)22(18-12-14-20(29)15-13-18)23(31)27-19-10-8-7-9-11-19/h12-15,17,19,22,29H,6-11,16H2,1-5H3,(H,26,32)(H,27,31). The van der Waals surface area contributed by atoms with Crippen LogP contribution in [0.25, 0.3) is 0 Å². The summed E-state index contributed by atoms with van der Waals surface area (Å²) in [7, 11) is 0. The van der Waals surface area contributed by atoms with Crippen molar-refractivity contribution in [1.82, 2.24) is 15.5 Å². The number of nitrogens with zero attached hydrogens (tertiary/aromatic N) is 1. The first kappa shape index (κ1) is 26.5. The van der Waals surface area contributed by atoms with Crippen LogP contribution in [-0.4, -0.2) is 52.1 Å². The first-order valence-electron chi connectivity index (χ1n) is 11.9. The molecule has 1 saturated carbocycles. The molecule has 0 saturated heterocycles. The molecule has 8 heteroatoms. The van der Waals surface area contributed by atoms with Crippen LogP contribution in [0.5, 0.6) is 5.75 Å². The van der Waals surface area contributed by atoms with E-state index in [1.54, 1.807) is 32.9 Å². The highest BCUT2D eigenvalue weighted by Crippen LogP contribution is 2.28. The molecule has 184 valence electrons. The monoisotopic (exact) mass is 461 g/mol. The molecular formula is C25H39N3O5. The quantitative estimate of drug-likeness (QED) is 0.542. The molecule has 0 spiro atoms. The molecule has 1 aliphatic carbocycles. The number of alkyl carbamates (subject to hydrolysis) is 1. The largest absolute Gasteiger partial charge is 0.508 e. The van der Waals surface area contributed by atoms with Crippen molar-refractivity contribution in [2.24, 2.45) is 0 Å². The topological polar surface area (TPSA) is 108 Å². The smallest absolute Gasteiger partial charge is 0.408 e. The maximum Gasteiger partial charge on any atom is 0.408 e. The Morgan fingerprint density at radius 3 is 2.27 bits per heavy atom. The lowest BCUT2D eigenvalue weighted by Gasteiger charge is -2.37. The summed E-state index contributed by atoms with van der Waals surface area (Å²) < 4.78 is 5.23. The molecule has 0 bridgehead atoms. The van der Waals surface area contributed by atoms with Crippen LogP contribution in [0, 0.1) is 0 Å². The van der Waals surface area contributed by atoms with Crippen LogP contribution in [-0.2, 0) is 14.3 Å². The number of hydrogen-bond donors (Lipinski definition) is 3. The van der Waals surface area contributed by atoms with E-state index in [2.05, 4.69) is 10.6 Å². The fourth-order valence-corrected chi connectivity index (χ4v) is 4.02. The third kappa shape index (κ3) is 8.26. The molecule has 2 unspecified atom stereocenters. The van der Waals surface area contributed by atoms with Gasteiger partial charge in [0.05, 0.1) is 0 Å². The normalized spacial score (nSPS) is 16.4. The lowest BCUT2D eigenvalue weighted by molar-refractivity contribution is -0.143. The minimum Gasteiger partial charge on any atom is -0.508 e. The van der Waals surface area contributed by atoms with E-state index < -0.39 is 17.7 Å². The molecule has 3 N–H and O–H groups in total. The Morgan fingerprint density at radius 1 is 1.12 bits per heavy atom. The lowest BCUT2D eigenvalue weighted by Crippen LogP contribution is -2.52. The number of benzene rings is 1. The van der Waals surface area contributed by atoms with Crippen LogP contribution in [0.1, 0.15) is 84.7 Å². The Hall–Kier alpha value is -2.77. The molecular weight excluding hydrogens is 422 g/mol. The molecule has 1 aliphatic rings. The summed E-state index contributed by atoms with van der Waals surface area (Å²) in [5.74, 6) is -0.552. The van der Waals surface area contributed by atoms with Crippen molar-refractivity contribution < 1.29 is 24.2 Å². The van der Waals surface area contributed by atoms with E-state index in [1.807, 2.05) is 13.8 Å². The molecule has 3 amide bonds. The SMILES string of the molecule is CCC(C)N(C(=O)CNC(=O)OC(C)(C)C)C(C(=O)NC1CCCCC1)c1ccc(O)cc1. The number of aromatic hydroxyl groups is 1. The third-order valence-electron chi connectivity index (χ3n) is 5.82. The number of carbonyl (C=O) groups is 3. The van der Waals surface area contributed by atoms with Crippen molar-refractivity contribution in [3.8, 4) is 5.75 Å². The molecule has 0 radical (unpaired) electrons. The molecule has 0 aromatic heterocycles. The van der Waals surface area contributed by atoms with Gasteiger partial charge in [0.1, 0.15) is 23.9 Å². The highest BCUT2D eigenvalue weighted by Gasteiger charge is 2.35. The molecule has 0 aliphatic heterocycles. The van der Waals surface area contributed by atoms with Crippen molar-refractivity contribution in [1.29, 1.82) is 0 Å². The lowest BCUT2D eigenvalue weighted by atomic mass is 9.94. The minimum atomic E-state index is -0.879. The highest BCUT2D eigenvalue weighted by atomic mass is 16.6. The first-order valence-corrected chi connectivity index (χ1v) is 11.9. The van der Waals surface area contributed by atoms with Gasteiger partial charge in [-0.05, 0) is 64.7 Å². The van der Waals surface area contributed by atoms with E-state index in [0.29, 0.717) is 12.0 Å². The summed E-state index contributed by atoms with van der Waals surface area (Å²) >= 11 is 0. The van der Waals surface area contributed by atoms with E-state index in [0.717, 1.165) is 25.7 Å². The zero-order valence-electron chi connectivity index (χ0n) is 20.5. The zero-order chi connectivity index (χ0) is 24.6. The molecule has 2 rings (SSSR count). The van der Waals surface area contributed by atoms with E-state index in [-0.39, 0.29) is 36.2 Å². The van der Waals surface area contributed by atoms with E-state index in [4.69, 9.17) is 4.74 Å². The zero-order valence-corrected chi connectivity index (χ0v) is 20.5. The van der Waals surface area contributed by atoms with Crippen molar-refractivity contribution in [3.63, 3.8) is 0 Å². The maximum atomic E-state index is 13.5. The van der Waals surface area contributed by atoms with Crippen molar-refractivity contribution in [2.45, 2.75) is 96.9 Å². The van der Waals surface area contributed by atoms with Crippen molar-refractivity contribution in [3.05, 3.63) is 29.8 Å². The summed E-state index contributed by atoms with van der Waals surface area (Å²) in [6, 6.07) is 5.28. The molecule has 1 aromatic carbocycles. The van der Waals surface area contributed by atoms with E-state index in [9.17, 15) is 19.5 Å². The van der Waals surface area contributed by atoms with E-state index >= 15 is 0 Å². The van der Waals surface area contributed by atoms with Crippen molar-refractivity contribution >= 4 is 17.9 Å². The maximum absolute atomic E-state index is 13.5. The van der Waals surface area contributed by atoms with Gasteiger partial charge in [-0.1, -0.05) is 38.3 Å². The van der Waals surface area contributed by atoms with Crippen LogP contribution in [0.2, 0.25) is 0 Å². The third-order valence-corrected chi connectivity index (χ3v) is 5.82. The van der Waals surface area contributed by atoms with Gasteiger partial charge in [-0.2, -0.15) is 0 Å². The predicted molar refractivity (Wildman–Crippen MR) is 127 cm³/mol. The summed E-state index contributed by atoms with van der Waals surface area (Å²) in [5, 5.41) is 15.4. The van der Waals surface area contributed by atoms with Gasteiger partial charge in [0, 0.05) is 12.1 Å². The second kappa shape index (κ2) is 11.9. The summed E-state index contributed by atoms with van der Waals surface area (Å²) in [6.07, 6.45) is 5.10. The summed E-state index contributed by atoms with van der Waals surface area (Å²) in [4.78, 5) is 40.4. The number of ether oxygens (including phenoxy) is 1. The van der Waals surface area contributed by atoms with Gasteiger partial charge in [-0.25, -0.2) is 4.79 Å². The average molecular weight is 462 g/mol. The Bertz CT molecular complexity index is 797. The van der Waals surface area contributed by atoms with Gasteiger partial charge in [0.25, 0.3) is 0 Å². The minimum absolute atomic E-state index is 0.0817. The van der Waals surface area contributed by atoms with Gasteiger partial charge >= 0.3 is 6.09 Å². The molecule has 0 heterocycles. The molecule has 1 fully saturated rings. The summed E-state index contributed by atoms with van der Waals surface area (Å²) in [5.41, 5.74) is -0.0788. The van der Waals surface area contributed by atoms with Crippen LogP contribution < -0.4 is 10.6 Å². The Labute approximate surface area is 197 Å². The number of nitrogens with one attached hydrogen (secondary N) is 2. The number of rotatable bonds is 8. The summed E-state index contributed by atoms with van der Waals surface area (Å²) in [6.45, 7) is 8.78. The molecule has 33 heavy (non-hydrogen) atoms. The van der Waals surface area contributed by atoms with Crippen molar-refractivity contribution in [2.75, 3.05) is 6.54 Å². The van der Waals surface area contributed by atoms with Gasteiger partial charge in [0.2, 0.25) is 11.8 Å². The van der Waals surface area contributed by atoms with Gasteiger partial charge in [-0.15, -0.1) is 0 Å². The van der Waals surface area contributed by atoms with Gasteiger partial charge in [0.15, 0.2) is 0 Å². The number of phenols is 1.